The first-order valence-electron chi connectivity index (χ1n) is 10.3. The average Bonchev–Trinajstić information content (AvgIpc) is 3.39. The molecule has 0 aliphatic carbocycles. The summed E-state index contributed by atoms with van der Waals surface area (Å²) in [6.07, 6.45) is -3.80. The Morgan fingerprint density at radius 2 is 1.72 bits per heavy atom. The summed E-state index contributed by atoms with van der Waals surface area (Å²) in [5.41, 5.74) is 3.04. The second-order valence-corrected chi connectivity index (χ2v) is 7.76. The Balaban J connectivity index is 1.77. The Bertz CT molecular complexity index is 1460. The fourth-order valence-corrected chi connectivity index (χ4v) is 3.50. The standard InChI is InChI=1S/C23H17F5N6O2/c1-33-7-6-19(32-33)15-10-16(18(25)11-17(15)23(26,27)28)22(36)30-21-9-13(8-20(29)35)31-34(21)14-4-2-12(24)3-5-14/h2-7,9-11H,8H2,1H3,(H2,29,35)(H,30,36). The number of nitrogens with one attached hydrogen (secondary N) is 1. The molecule has 0 unspecified atom stereocenters. The Morgan fingerprint density at radius 1 is 1.03 bits per heavy atom. The number of nitrogens with two attached hydrogens (primary N) is 1. The molecule has 0 saturated heterocycles. The number of carbonyl (C=O) groups is 2. The second kappa shape index (κ2) is 9.24. The van der Waals surface area contributed by atoms with E-state index in [2.05, 4.69) is 15.5 Å². The molecule has 2 amide bonds. The van der Waals surface area contributed by atoms with Gasteiger partial charge in [-0.25, -0.2) is 13.5 Å². The third kappa shape index (κ3) is 5.09. The van der Waals surface area contributed by atoms with Crippen LogP contribution in [0.25, 0.3) is 16.9 Å². The van der Waals surface area contributed by atoms with Crippen molar-refractivity contribution in [3.05, 3.63) is 83.2 Å². The minimum absolute atomic E-state index is 0.0541. The monoisotopic (exact) mass is 504 g/mol. The van der Waals surface area contributed by atoms with Crippen LogP contribution in [0.5, 0.6) is 0 Å². The lowest BCUT2D eigenvalue weighted by Crippen LogP contribution is -2.18. The van der Waals surface area contributed by atoms with Crippen LogP contribution >= 0.6 is 0 Å². The van der Waals surface area contributed by atoms with Crippen LogP contribution in [0.15, 0.2) is 54.7 Å². The highest BCUT2D eigenvalue weighted by atomic mass is 19.4. The highest BCUT2D eigenvalue weighted by Crippen LogP contribution is 2.38. The zero-order valence-corrected chi connectivity index (χ0v) is 18.5. The number of aryl methyl sites for hydroxylation is 1. The van der Waals surface area contributed by atoms with Gasteiger partial charge in [-0.1, -0.05) is 0 Å². The van der Waals surface area contributed by atoms with Crippen molar-refractivity contribution in [1.82, 2.24) is 19.6 Å². The van der Waals surface area contributed by atoms with Gasteiger partial charge in [-0.2, -0.15) is 23.4 Å². The molecule has 0 aliphatic rings. The number of carbonyl (C=O) groups excluding carboxylic acids is 2. The molecule has 186 valence electrons. The number of aromatic nitrogens is 4. The van der Waals surface area contributed by atoms with E-state index < -0.39 is 46.3 Å². The van der Waals surface area contributed by atoms with E-state index in [1.165, 1.54) is 42.2 Å². The van der Waals surface area contributed by atoms with Gasteiger partial charge in [0, 0.05) is 24.9 Å². The Kier molecular flexibility index (Phi) is 6.31. The third-order valence-corrected chi connectivity index (χ3v) is 5.07. The summed E-state index contributed by atoms with van der Waals surface area (Å²) >= 11 is 0. The summed E-state index contributed by atoms with van der Waals surface area (Å²) < 4.78 is 71.3. The van der Waals surface area contributed by atoms with Crippen LogP contribution in [0.2, 0.25) is 0 Å². The molecule has 4 aromatic rings. The molecular formula is C23H17F5N6O2. The number of primary amides is 1. The van der Waals surface area contributed by atoms with Gasteiger partial charge in [0.15, 0.2) is 0 Å². The summed E-state index contributed by atoms with van der Waals surface area (Å²) in [6.45, 7) is 0. The molecule has 2 aromatic heterocycles. The van der Waals surface area contributed by atoms with Gasteiger partial charge in [0.2, 0.25) is 5.91 Å². The fourth-order valence-electron chi connectivity index (χ4n) is 3.50. The number of halogens is 5. The van der Waals surface area contributed by atoms with E-state index in [-0.39, 0.29) is 35.4 Å². The van der Waals surface area contributed by atoms with Gasteiger partial charge in [-0.15, -0.1) is 0 Å². The number of hydrogen-bond acceptors (Lipinski definition) is 4. The number of nitrogens with zero attached hydrogens (tertiary/aromatic N) is 4. The fraction of sp³-hybridized carbons (Fsp3) is 0.130. The summed E-state index contributed by atoms with van der Waals surface area (Å²) in [4.78, 5) is 24.3. The van der Waals surface area contributed by atoms with Gasteiger partial charge >= 0.3 is 6.18 Å². The number of benzene rings is 2. The molecular weight excluding hydrogens is 487 g/mol. The second-order valence-electron chi connectivity index (χ2n) is 7.76. The minimum atomic E-state index is -4.91. The first kappa shape index (κ1) is 24.6. The average molecular weight is 504 g/mol. The summed E-state index contributed by atoms with van der Waals surface area (Å²) in [6, 6.07) is 8.51. The van der Waals surface area contributed by atoms with Gasteiger partial charge < -0.3 is 11.1 Å². The van der Waals surface area contributed by atoms with Gasteiger partial charge in [0.25, 0.3) is 5.91 Å². The normalized spacial score (nSPS) is 11.5. The quantitative estimate of drug-likeness (QED) is 0.389. The first-order valence-corrected chi connectivity index (χ1v) is 10.3. The highest BCUT2D eigenvalue weighted by Gasteiger charge is 2.36. The molecule has 4 rings (SSSR count). The lowest BCUT2D eigenvalue weighted by Gasteiger charge is -2.15. The van der Waals surface area contributed by atoms with E-state index in [0.29, 0.717) is 0 Å². The van der Waals surface area contributed by atoms with Crippen LogP contribution in [0.1, 0.15) is 21.6 Å². The van der Waals surface area contributed by atoms with Crippen LogP contribution in [0.4, 0.5) is 27.8 Å². The molecule has 0 saturated carbocycles. The molecule has 0 radical (unpaired) electrons. The number of anilines is 1. The van der Waals surface area contributed by atoms with Crippen molar-refractivity contribution in [2.75, 3.05) is 5.32 Å². The maximum Gasteiger partial charge on any atom is 0.417 e. The van der Waals surface area contributed by atoms with Crippen molar-refractivity contribution in [3.63, 3.8) is 0 Å². The van der Waals surface area contributed by atoms with Gasteiger partial charge in [-0.3, -0.25) is 14.3 Å². The topological polar surface area (TPSA) is 108 Å². The number of rotatable bonds is 6. The van der Waals surface area contributed by atoms with Crippen molar-refractivity contribution in [3.8, 4) is 16.9 Å². The Hall–Kier alpha value is -4.55. The predicted octanol–water partition coefficient (Wildman–Crippen LogP) is 3.85. The molecule has 2 heterocycles. The van der Waals surface area contributed by atoms with Crippen molar-refractivity contribution in [2.45, 2.75) is 12.6 Å². The van der Waals surface area contributed by atoms with Crippen molar-refractivity contribution in [1.29, 1.82) is 0 Å². The van der Waals surface area contributed by atoms with Gasteiger partial charge in [0.05, 0.1) is 34.6 Å². The first-order chi connectivity index (χ1) is 16.9. The third-order valence-electron chi connectivity index (χ3n) is 5.07. The molecule has 2 aromatic carbocycles. The van der Waals surface area contributed by atoms with Crippen LogP contribution in [0, 0.1) is 11.6 Å². The molecule has 13 heteroatoms. The highest BCUT2D eigenvalue weighted by molar-refractivity contribution is 6.05. The van der Waals surface area contributed by atoms with Crippen molar-refractivity contribution < 1.29 is 31.5 Å². The maximum absolute atomic E-state index is 14.8. The molecule has 8 nitrogen and oxygen atoms in total. The van der Waals surface area contributed by atoms with E-state index in [0.717, 1.165) is 22.9 Å². The molecule has 36 heavy (non-hydrogen) atoms. The molecule has 0 fully saturated rings. The van der Waals surface area contributed by atoms with Crippen LogP contribution in [-0.2, 0) is 24.4 Å². The molecule has 0 spiro atoms. The van der Waals surface area contributed by atoms with Crippen LogP contribution < -0.4 is 11.1 Å². The Labute approximate surface area is 200 Å². The lowest BCUT2D eigenvalue weighted by molar-refractivity contribution is -0.137. The SMILES string of the molecule is Cn1ccc(-c2cc(C(=O)Nc3cc(CC(N)=O)nn3-c3ccc(F)cc3)c(F)cc2C(F)(F)F)n1. The Morgan fingerprint density at radius 3 is 2.31 bits per heavy atom. The van der Waals surface area contributed by atoms with E-state index in [1.807, 2.05) is 0 Å². The van der Waals surface area contributed by atoms with E-state index in [1.54, 1.807) is 0 Å². The van der Waals surface area contributed by atoms with E-state index >= 15 is 0 Å². The number of amides is 2. The zero-order valence-electron chi connectivity index (χ0n) is 18.5. The molecule has 0 bridgehead atoms. The van der Waals surface area contributed by atoms with E-state index in [4.69, 9.17) is 5.73 Å². The predicted molar refractivity (Wildman–Crippen MR) is 118 cm³/mol. The largest absolute Gasteiger partial charge is 0.417 e. The molecule has 0 aliphatic heterocycles. The van der Waals surface area contributed by atoms with Gasteiger partial charge in [0.1, 0.15) is 17.5 Å². The smallest absolute Gasteiger partial charge is 0.369 e. The zero-order chi connectivity index (χ0) is 26.2. The number of alkyl halides is 3. The van der Waals surface area contributed by atoms with E-state index in [9.17, 15) is 31.5 Å². The summed E-state index contributed by atoms with van der Waals surface area (Å²) in [5, 5.41) is 10.5. The number of hydrogen-bond donors (Lipinski definition) is 2. The van der Waals surface area contributed by atoms with Crippen molar-refractivity contribution >= 4 is 17.6 Å². The maximum atomic E-state index is 14.8. The minimum Gasteiger partial charge on any atom is -0.369 e. The lowest BCUT2D eigenvalue weighted by atomic mass is 9.99. The van der Waals surface area contributed by atoms with Gasteiger partial charge in [-0.05, 0) is 42.5 Å². The molecule has 0 atom stereocenters. The van der Waals surface area contributed by atoms with Crippen LogP contribution in [0.3, 0.4) is 0 Å². The van der Waals surface area contributed by atoms with Crippen molar-refractivity contribution in [2.24, 2.45) is 12.8 Å². The summed E-state index contributed by atoms with van der Waals surface area (Å²) in [5.74, 6) is -3.81. The summed E-state index contributed by atoms with van der Waals surface area (Å²) in [7, 11) is 1.49. The molecule has 3 N–H and O–H groups in total. The van der Waals surface area contributed by atoms with Crippen LogP contribution in [-0.4, -0.2) is 31.4 Å².